The van der Waals surface area contributed by atoms with Gasteiger partial charge in [-0.15, -0.1) is 11.3 Å². The summed E-state index contributed by atoms with van der Waals surface area (Å²) in [4.78, 5) is 18.8. The van der Waals surface area contributed by atoms with Gasteiger partial charge in [0, 0.05) is 42.8 Å². The highest BCUT2D eigenvalue weighted by molar-refractivity contribution is 7.10. The van der Waals surface area contributed by atoms with Crippen LogP contribution in [0.1, 0.15) is 23.4 Å². The van der Waals surface area contributed by atoms with Crippen molar-refractivity contribution in [2.24, 2.45) is 0 Å². The van der Waals surface area contributed by atoms with Crippen LogP contribution in [0.2, 0.25) is 0 Å². The van der Waals surface area contributed by atoms with E-state index in [0.717, 1.165) is 31.7 Å². The summed E-state index contributed by atoms with van der Waals surface area (Å²) in [6, 6.07) is 21.0. The van der Waals surface area contributed by atoms with Crippen LogP contribution >= 0.6 is 11.3 Å². The number of anilines is 1. The van der Waals surface area contributed by atoms with E-state index in [9.17, 15) is 9.18 Å². The van der Waals surface area contributed by atoms with Crippen molar-refractivity contribution in [2.75, 3.05) is 31.1 Å². The predicted octanol–water partition coefficient (Wildman–Crippen LogP) is 4.50. The van der Waals surface area contributed by atoms with Gasteiger partial charge in [0.25, 0.3) is 0 Å². The molecule has 1 aliphatic rings. The summed E-state index contributed by atoms with van der Waals surface area (Å²) >= 11 is 1.73. The van der Waals surface area contributed by atoms with Crippen molar-refractivity contribution in [3.63, 3.8) is 0 Å². The van der Waals surface area contributed by atoms with Gasteiger partial charge in [-0.2, -0.15) is 0 Å². The molecular weight excluding hydrogens is 409 g/mol. The molecular formula is C25H28FN3OS. The van der Waals surface area contributed by atoms with E-state index in [1.807, 2.05) is 6.07 Å². The molecule has 1 saturated heterocycles. The first-order valence-corrected chi connectivity index (χ1v) is 11.6. The number of carbonyl (C=O) groups is 1. The number of carbonyl (C=O) groups excluding carboxylic acids is 1. The van der Waals surface area contributed by atoms with E-state index in [-0.39, 0.29) is 30.2 Å². The zero-order chi connectivity index (χ0) is 21.6. The molecule has 1 N–H and O–H groups in total. The van der Waals surface area contributed by atoms with Gasteiger partial charge in [0.1, 0.15) is 5.82 Å². The van der Waals surface area contributed by atoms with Crippen LogP contribution in [0.25, 0.3) is 0 Å². The van der Waals surface area contributed by atoms with Gasteiger partial charge in [-0.3, -0.25) is 9.69 Å². The van der Waals surface area contributed by atoms with Crippen LogP contribution < -0.4 is 10.2 Å². The van der Waals surface area contributed by atoms with Crippen LogP contribution in [0.15, 0.2) is 72.1 Å². The first-order valence-electron chi connectivity index (χ1n) is 10.7. The van der Waals surface area contributed by atoms with E-state index < -0.39 is 0 Å². The molecule has 1 amide bonds. The SMILES string of the molecule is C[C@@H](NC(=O)Cc1ccc(F)cc1)[C@H](c1cccs1)N1CCN(c2ccccc2)CC1. The minimum Gasteiger partial charge on any atom is -0.369 e. The molecule has 0 bridgehead atoms. The molecule has 1 aromatic heterocycles. The Bertz CT molecular complexity index is 954. The van der Waals surface area contributed by atoms with Crippen molar-refractivity contribution >= 4 is 22.9 Å². The van der Waals surface area contributed by atoms with Crippen LogP contribution in [0.5, 0.6) is 0 Å². The fraction of sp³-hybridized carbons (Fsp3) is 0.320. The minimum absolute atomic E-state index is 0.0325. The topological polar surface area (TPSA) is 35.6 Å². The molecule has 4 nitrogen and oxygen atoms in total. The molecule has 6 heteroatoms. The van der Waals surface area contributed by atoms with E-state index >= 15 is 0 Å². The Balaban J connectivity index is 1.41. The van der Waals surface area contributed by atoms with E-state index in [4.69, 9.17) is 0 Å². The second kappa shape index (κ2) is 10.1. The third-order valence-electron chi connectivity index (χ3n) is 5.80. The maximum Gasteiger partial charge on any atom is 0.224 e. The van der Waals surface area contributed by atoms with E-state index in [0.29, 0.717) is 0 Å². The van der Waals surface area contributed by atoms with Gasteiger partial charge in [0.2, 0.25) is 5.91 Å². The average Bonchev–Trinajstić information content (AvgIpc) is 3.31. The standard InChI is InChI=1S/C25H28FN3OS/c1-19(27-24(30)18-20-9-11-21(26)12-10-20)25(23-8-5-17-31-23)29-15-13-28(14-16-29)22-6-3-2-4-7-22/h2-12,17,19,25H,13-16,18H2,1H3,(H,27,30)/t19-,25-/m1/s1. The smallest absolute Gasteiger partial charge is 0.224 e. The lowest BCUT2D eigenvalue weighted by molar-refractivity contribution is -0.121. The zero-order valence-electron chi connectivity index (χ0n) is 17.7. The highest BCUT2D eigenvalue weighted by Crippen LogP contribution is 2.30. The van der Waals surface area contributed by atoms with Gasteiger partial charge in [-0.25, -0.2) is 4.39 Å². The molecule has 2 aromatic carbocycles. The average molecular weight is 438 g/mol. The van der Waals surface area contributed by atoms with Crippen molar-refractivity contribution in [2.45, 2.75) is 25.4 Å². The number of nitrogens with zero attached hydrogens (tertiary/aromatic N) is 2. The highest BCUT2D eigenvalue weighted by atomic mass is 32.1. The number of nitrogens with one attached hydrogen (secondary N) is 1. The van der Waals surface area contributed by atoms with Gasteiger partial charge in [-0.1, -0.05) is 36.4 Å². The molecule has 0 unspecified atom stereocenters. The van der Waals surface area contributed by atoms with Crippen LogP contribution in [0.3, 0.4) is 0 Å². The van der Waals surface area contributed by atoms with E-state index in [2.05, 4.69) is 63.8 Å². The van der Waals surface area contributed by atoms with Gasteiger partial charge in [0.05, 0.1) is 12.5 Å². The van der Waals surface area contributed by atoms with Gasteiger partial charge < -0.3 is 10.2 Å². The number of amides is 1. The van der Waals surface area contributed by atoms with Gasteiger partial charge >= 0.3 is 0 Å². The molecule has 4 rings (SSSR count). The number of thiophene rings is 1. The van der Waals surface area contributed by atoms with Gasteiger partial charge in [0.15, 0.2) is 0 Å². The Hall–Kier alpha value is -2.70. The summed E-state index contributed by atoms with van der Waals surface area (Å²) in [5.74, 6) is -0.325. The molecule has 162 valence electrons. The molecule has 1 fully saturated rings. The second-order valence-corrected chi connectivity index (χ2v) is 8.96. The lowest BCUT2D eigenvalue weighted by Crippen LogP contribution is -2.52. The number of benzene rings is 2. The fourth-order valence-corrected chi connectivity index (χ4v) is 5.23. The Morgan fingerprint density at radius 2 is 1.71 bits per heavy atom. The highest BCUT2D eigenvalue weighted by Gasteiger charge is 2.30. The van der Waals surface area contributed by atoms with E-state index in [1.54, 1.807) is 23.5 Å². The quantitative estimate of drug-likeness (QED) is 0.591. The number of para-hydroxylation sites is 1. The molecule has 0 spiro atoms. The normalized spacial score (nSPS) is 16.6. The van der Waals surface area contributed by atoms with Crippen molar-refractivity contribution in [1.29, 1.82) is 0 Å². The first kappa shape index (κ1) is 21.5. The van der Waals surface area contributed by atoms with Crippen LogP contribution in [0.4, 0.5) is 10.1 Å². The molecule has 2 atom stereocenters. The molecule has 2 heterocycles. The van der Waals surface area contributed by atoms with Crippen molar-refractivity contribution in [3.8, 4) is 0 Å². The van der Waals surface area contributed by atoms with Crippen LogP contribution in [0, 0.1) is 5.82 Å². The van der Waals surface area contributed by atoms with Gasteiger partial charge in [-0.05, 0) is 48.2 Å². The number of halogens is 1. The third-order valence-corrected chi connectivity index (χ3v) is 6.75. The Morgan fingerprint density at radius 1 is 1.00 bits per heavy atom. The molecule has 0 saturated carbocycles. The molecule has 0 aliphatic carbocycles. The van der Waals surface area contributed by atoms with Crippen LogP contribution in [-0.2, 0) is 11.2 Å². The Labute approximate surface area is 187 Å². The third kappa shape index (κ3) is 5.51. The Morgan fingerprint density at radius 3 is 2.35 bits per heavy atom. The summed E-state index contributed by atoms with van der Waals surface area (Å²) in [6.45, 7) is 5.88. The maximum atomic E-state index is 13.1. The summed E-state index contributed by atoms with van der Waals surface area (Å²) in [5, 5.41) is 5.28. The molecule has 31 heavy (non-hydrogen) atoms. The largest absolute Gasteiger partial charge is 0.369 e. The summed E-state index contributed by atoms with van der Waals surface area (Å²) < 4.78 is 13.1. The number of hydrogen-bond donors (Lipinski definition) is 1. The Kier molecular flexibility index (Phi) is 6.99. The van der Waals surface area contributed by atoms with Crippen molar-refractivity contribution < 1.29 is 9.18 Å². The second-order valence-electron chi connectivity index (χ2n) is 7.98. The van der Waals surface area contributed by atoms with Crippen molar-refractivity contribution in [3.05, 3.63) is 88.4 Å². The van der Waals surface area contributed by atoms with E-state index in [1.165, 1.54) is 22.7 Å². The molecule has 1 aliphatic heterocycles. The monoisotopic (exact) mass is 437 g/mol. The summed E-state index contributed by atoms with van der Waals surface area (Å²) in [7, 11) is 0. The maximum absolute atomic E-state index is 13.1. The fourth-order valence-electron chi connectivity index (χ4n) is 4.27. The lowest BCUT2D eigenvalue weighted by atomic mass is 10.0. The lowest BCUT2D eigenvalue weighted by Gasteiger charge is -2.42. The zero-order valence-corrected chi connectivity index (χ0v) is 18.5. The molecule has 3 aromatic rings. The number of piperazine rings is 1. The minimum atomic E-state index is -0.287. The predicted molar refractivity (Wildman–Crippen MR) is 125 cm³/mol. The number of rotatable bonds is 7. The molecule has 0 radical (unpaired) electrons. The summed E-state index contributed by atoms with van der Waals surface area (Å²) in [6.07, 6.45) is 0.254. The first-order chi connectivity index (χ1) is 15.1. The number of hydrogen-bond acceptors (Lipinski definition) is 4. The van der Waals surface area contributed by atoms with Crippen LogP contribution in [-0.4, -0.2) is 43.0 Å². The van der Waals surface area contributed by atoms with Crippen molar-refractivity contribution in [1.82, 2.24) is 10.2 Å². The summed E-state index contributed by atoms with van der Waals surface area (Å²) in [5.41, 5.74) is 2.07.